The minimum absolute atomic E-state index is 0.0636. The number of halogens is 1. The van der Waals surface area contributed by atoms with E-state index in [1.165, 1.54) is 0 Å². The van der Waals surface area contributed by atoms with Crippen LogP contribution >= 0.6 is 0 Å². The van der Waals surface area contributed by atoms with Crippen LogP contribution in [-0.2, 0) is 4.79 Å². The van der Waals surface area contributed by atoms with E-state index in [9.17, 15) is 9.18 Å². The van der Waals surface area contributed by atoms with Gasteiger partial charge in [0.2, 0.25) is 5.91 Å². The van der Waals surface area contributed by atoms with E-state index in [-0.39, 0.29) is 11.8 Å². The smallest absolute Gasteiger partial charge is 0.229 e. The van der Waals surface area contributed by atoms with Gasteiger partial charge in [-0.3, -0.25) is 4.79 Å². The third kappa shape index (κ3) is 1.24. The van der Waals surface area contributed by atoms with E-state index >= 15 is 0 Å². The minimum atomic E-state index is -0.851. The standard InChI is InChI=1S/C10H15FN2O/c11-9-2-8(9)10(14)13-5-6-1-7(13)4-12-3-6/h6-9,12H,1-5H2/t6-,7?,8+,9+/m0/s1. The number of likely N-dealkylation sites (tertiary alicyclic amines) is 1. The lowest BCUT2D eigenvalue weighted by Gasteiger charge is -2.24. The fourth-order valence-corrected chi connectivity index (χ4v) is 2.71. The first-order valence-electron chi connectivity index (χ1n) is 5.41. The zero-order valence-electron chi connectivity index (χ0n) is 8.08. The number of nitrogens with zero attached hydrogens (tertiary/aromatic N) is 1. The number of nitrogens with one attached hydrogen (secondary N) is 1. The molecule has 0 radical (unpaired) electrons. The Morgan fingerprint density at radius 1 is 1.36 bits per heavy atom. The molecule has 2 bridgehead atoms. The zero-order valence-corrected chi connectivity index (χ0v) is 8.08. The van der Waals surface area contributed by atoms with Crippen molar-refractivity contribution in [3.63, 3.8) is 0 Å². The van der Waals surface area contributed by atoms with Crippen LogP contribution in [0.2, 0.25) is 0 Å². The summed E-state index contributed by atoms with van der Waals surface area (Å²) in [4.78, 5) is 13.7. The Bertz CT molecular complexity index is 271. The first kappa shape index (κ1) is 8.65. The third-order valence-corrected chi connectivity index (χ3v) is 3.63. The molecule has 2 heterocycles. The Morgan fingerprint density at radius 3 is 2.79 bits per heavy atom. The van der Waals surface area contributed by atoms with Crippen molar-refractivity contribution in [3.8, 4) is 0 Å². The predicted molar refractivity (Wildman–Crippen MR) is 49.5 cm³/mol. The van der Waals surface area contributed by atoms with Crippen LogP contribution in [0.5, 0.6) is 0 Å². The van der Waals surface area contributed by atoms with Gasteiger partial charge in [-0.1, -0.05) is 0 Å². The fraction of sp³-hybridized carbons (Fsp3) is 0.900. The Labute approximate surface area is 82.6 Å². The van der Waals surface area contributed by atoms with Crippen molar-refractivity contribution in [3.05, 3.63) is 0 Å². The van der Waals surface area contributed by atoms with Crippen molar-refractivity contribution in [1.82, 2.24) is 10.2 Å². The molecule has 4 heteroatoms. The topological polar surface area (TPSA) is 32.3 Å². The SMILES string of the molecule is O=C([C@@H]1C[C@H]1F)N1C[C@@H]2CNCC1C2. The highest BCUT2D eigenvalue weighted by Gasteiger charge is 2.49. The van der Waals surface area contributed by atoms with Crippen LogP contribution in [0, 0.1) is 11.8 Å². The predicted octanol–water partition coefficient (Wildman–Crippen LogP) is 0.165. The van der Waals surface area contributed by atoms with Crippen LogP contribution in [0.4, 0.5) is 4.39 Å². The van der Waals surface area contributed by atoms with Gasteiger partial charge >= 0.3 is 0 Å². The van der Waals surface area contributed by atoms with Gasteiger partial charge in [-0.05, 0) is 25.3 Å². The number of piperidine rings is 1. The van der Waals surface area contributed by atoms with Gasteiger partial charge in [-0.25, -0.2) is 4.39 Å². The molecule has 0 aromatic carbocycles. The third-order valence-electron chi connectivity index (χ3n) is 3.63. The number of amides is 1. The lowest BCUT2D eigenvalue weighted by Crippen LogP contribution is -2.42. The number of alkyl halides is 1. The summed E-state index contributed by atoms with van der Waals surface area (Å²) in [5, 5.41) is 3.31. The molecular formula is C10H15FN2O. The Hall–Kier alpha value is -0.640. The Balaban J connectivity index is 1.70. The highest BCUT2D eigenvalue weighted by molar-refractivity contribution is 5.82. The number of rotatable bonds is 1. The van der Waals surface area contributed by atoms with E-state index in [0.29, 0.717) is 18.4 Å². The molecule has 2 saturated heterocycles. The lowest BCUT2D eigenvalue weighted by molar-refractivity contribution is -0.133. The first-order chi connectivity index (χ1) is 6.75. The molecule has 14 heavy (non-hydrogen) atoms. The number of hydrogen-bond acceptors (Lipinski definition) is 2. The van der Waals surface area contributed by atoms with Crippen LogP contribution in [0.1, 0.15) is 12.8 Å². The van der Waals surface area contributed by atoms with Gasteiger partial charge in [-0.2, -0.15) is 0 Å². The van der Waals surface area contributed by atoms with Crippen LogP contribution in [-0.4, -0.2) is 42.7 Å². The molecule has 1 aliphatic carbocycles. The van der Waals surface area contributed by atoms with Crippen LogP contribution in [0.25, 0.3) is 0 Å². The molecule has 3 nitrogen and oxygen atoms in total. The van der Waals surface area contributed by atoms with Crippen molar-refractivity contribution < 1.29 is 9.18 Å². The van der Waals surface area contributed by atoms with E-state index in [2.05, 4.69) is 5.32 Å². The van der Waals surface area contributed by atoms with Gasteiger partial charge in [0.15, 0.2) is 0 Å². The normalized spacial score (nSPS) is 45.4. The van der Waals surface area contributed by atoms with E-state index in [1.54, 1.807) is 0 Å². The molecule has 0 aromatic heterocycles. The van der Waals surface area contributed by atoms with Crippen LogP contribution in [0.3, 0.4) is 0 Å². The largest absolute Gasteiger partial charge is 0.338 e. The van der Waals surface area contributed by atoms with E-state index < -0.39 is 6.17 Å². The summed E-state index contributed by atoms with van der Waals surface area (Å²) in [6, 6.07) is 0.342. The van der Waals surface area contributed by atoms with Crippen molar-refractivity contribution in [2.24, 2.45) is 11.8 Å². The minimum Gasteiger partial charge on any atom is -0.338 e. The second-order valence-electron chi connectivity index (χ2n) is 4.76. The van der Waals surface area contributed by atoms with Gasteiger partial charge in [0.1, 0.15) is 6.17 Å². The summed E-state index contributed by atoms with van der Waals surface area (Å²) < 4.78 is 12.8. The molecule has 1 N–H and O–H groups in total. The molecular weight excluding hydrogens is 183 g/mol. The molecule has 3 aliphatic rings. The summed E-state index contributed by atoms with van der Waals surface area (Å²) in [7, 11) is 0. The molecule has 1 unspecified atom stereocenters. The monoisotopic (exact) mass is 198 g/mol. The van der Waals surface area contributed by atoms with Gasteiger partial charge in [0.25, 0.3) is 0 Å². The molecule has 1 saturated carbocycles. The van der Waals surface area contributed by atoms with Crippen molar-refractivity contribution >= 4 is 5.91 Å². The maximum Gasteiger partial charge on any atom is 0.229 e. The molecule has 0 aromatic rings. The Kier molecular flexibility index (Phi) is 1.81. The summed E-state index contributed by atoms with van der Waals surface area (Å²) in [5.41, 5.74) is 0. The average Bonchev–Trinajstić information content (AvgIpc) is 2.84. The average molecular weight is 198 g/mol. The van der Waals surface area contributed by atoms with Crippen molar-refractivity contribution in [2.75, 3.05) is 19.6 Å². The summed E-state index contributed by atoms with van der Waals surface area (Å²) in [6.45, 7) is 2.76. The van der Waals surface area contributed by atoms with E-state index in [1.807, 2.05) is 4.90 Å². The molecule has 78 valence electrons. The number of carbonyl (C=O) groups is 1. The second kappa shape index (κ2) is 2.92. The molecule has 3 fully saturated rings. The summed E-state index contributed by atoms with van der Waals surface area (Å²) in [6.07, 6.45) is 0.721. The molecule has 0 spiro atoms. The maximum atomic E-state index is 12.8. The number of hydrogen-bond donors (Lipinski definition) is 1. The fourth-order valence-electron chi connectivity index (χ4n) is 2.71. The Morgan fingerprint density at radius 2 is 2.14 bits per heavy atom. The molecule has 1 amide bonds. The second-order valence-corrected chi connectivity index (χ2v) is 4.76. The van der Waals surface area contributed by atoms with E-state index in [0.717, 1.165) is 26.1 Å². The quantitative estimate of drug-likeness (QED) is 0.651. The summed E-state index contributed by atoms with van der Waals surface area (Å²) in [5.74, 6) is 0.373. The zero-order chi connectivity index (χ0) is 9.71. The summed E-state index contributed by atoms with van der Waals surface area (Å²) >= 11 is 0. The highest BCUT2D eigenvalue weighted by atomic mass is 19.1. The van der Waals surface area contributed by atoms with Crippen molar-refractivity contribution in [1.29, 1.82) is 0 Å². The number of fused-ring (bicyclic) bond motifs is 2. The number of carbonyl (C=O) groups excluding carboxylic acids is 1. The van der Waals surface area contributed by atoms with Crippen LogP contribution in [0.15, 0.2) is 0 Å². The molecule has 2 aliphatic heterocycles. The van der Waals surface area contributed by atoms with E-state index in [4.69, 9.17) is 0 Å². The highest BCUT2D eigenvalue weighted by Crippen LogP contribution is 2.38. The van der Waals surface area contributed by atoms with Gasteiger partial charge < -0.3 is 10.2 Å². The van der Waals surface area contributed by atoms with Crippen LogP contribution < -0.4 is 5.32 Å². The molecule has 4 atom stereocenters. The van der Waals surface area contributed by atoms with Gasteiger partial charge in [0, 0.05) is 19.1 Å². The maximum absolute atomic E-state index is 12.8. The van der Waals surface area contributed by atoms with Crippen molar-refractivity contribution in [2.45, 2.75) is 25.1 Å². The molecule has 3 rings (SSSR count). The first-order valence-corrected chi connectivity index (χ1v) is 5.41. The van der Waals surface area contributed by atoms with Gasteiger partial charge in [-0.15, -0.1) is 0 Å². The lowest BCUT2D eigenvalue weighted by atomic mass is 10.0. The van der Waals surface area contributed by atoms with Gasteiger partial charge in [0.05, 0.1) is 5.92 Å².